The lowest BCUT2D eigenvalue weighted by Crippen LogP contribution is -2.43. The van der Waals surface area contributed by atoms with Crippen LogP contribution in [0.15, 0.2) is 53.3 Å². The molecule has 0 radical (unpaired) electrons. The standard InChI is InChI=1S/C24H28N4O4/c1-3-26(4-2)22(29)16-27-13-11-17-15-18(9-10-19(17)27)25-23(30)20-7-5-12-28(20)24(31)21-8-6-14-32-21/h6,8-11,13-15,20H,3-5,7,12,16H2,1-2H3,(H,25,30). The average Bonchev–Trinajstić information content (AvgIpc) is 3.55. The topological polar surface area (TPSA) is 87.8 Å². The Morgan fingerprint density at radius 2 is 1.97 bits per heavy atom. The van der Waals surface area contributed by atoms with Crippen LogP contribution in [0.5, 0.6) is 0 Å². The van der Waals surface area contributed by atoms with E-state index in [2.05, 4.69) is 5.32 Å². The van der Waals surface area contributed by atoms with Crippen molar-refractivity contribution in [3.8, 4) is 0 Å². The number of likely N-dealkylation sites (N-methyl/N-ethyl adjacent to an activating group) is 1. The van der Waals surface area contributed by atoms with Crippen LogP contribution in [0.2, 0.25) is 0 Å². The van der Waals surface area contributed by atoms with Gasteiger partial charge in [-0.25, -0.2) is 0 Å². The number of fused-ring (bicyclic) bond motifs is 1. The number of amides is 3. The summed E-state index contributed by atoms with van der Waals surface area (Å²) in [5.74, 6) is -0.157. The van der Waals surface area contributed by atoms with E-state index in [0.29, 0.717) is 31.7 Å². The number of carbonyl (C=O) groups excluding carboxylic acids is 3. The van der Waals surface area contributed by atoms with E-state index in [1.165, 1.54) is 6.26 Å². The SMILES string of the molecule is CCN(CC)C(=O)Cn1ccc2cc(NC(=O)C3CCCN3C(=O)c3ccco3)ccc21. The van der Waals surface area contributed by atoms with Gasteiger partial charge in [-0.05, 0) is 63.1 Å². The van der Waals surface area contributed by atoms with Gasteiger partial charge in [0, 0.05) is 42.4 Å². The van der Waals surface area contributed by atoms with Crippen molar-refractivity contribution < 1.29 is 18.8 Å². The Morgan fingerprint density at radius 1 is 1.16 bits per heavy atom. The van der Waals surface area contributed by atoms with Crippen LogP contribution in [0.3, 0.4) is 0 Å². The molecule has 8 nitrogen and oxygen atoms in total. The number of nitrogens with zero attached hydrogens (tertiary/aromatic N) is 3. The van der Waals surface area contributed by atoms with Crippen LogP contribution in [0.4, 0.5) is 5.69 Å². The van der Waals surface area contributed by atoms with Crippen LogP contribution in [-0.4, -0.2) is 57.8 Å². The first-order chi connectivity index (χ1) is 15.5. The van der Waals surface area contributed by atoms with Crippen LogP contribution in [0.25, 0.3) is 10.9 Å². The summed E-state index contributed by atoms with van der Waals surface area (Å²) in [6, 6.07) is 10.3. The molecule has 1 unspecified atom stereocenters. The molecule has 2 aromatic heterocycles. The minimum absolute atomic E-state index is 0.0763. The van der Waals surface area contributed by atoms with E-state index < -0.39 is 6.04 Å². The summed E-state index contributed by atoms with van der Waals surface area (Å²) >= 11 is 0. The molecule has 1 N–H and O–H groups in total. The molecule has 168 valence electrons. The van der Waals surface area contributed by atoms with Crippen LogP contribution in [0, 0.1) is 0 Å². The molecule has 1 aliphatic heterocycles. The van der Waals surface area contributed by atoms with Crippen molar-refractivity contribution >= 4 is 34.3 Å². The summed E-state index contributed by atoms with van der Waals surface area (Å²) < 4.78 is 7.13. The second-order valence-corrected chi connectivity index (χ2v) is 7.91. The first kappa shape index (κ1) is 21.7. The smallest absolute Gasteiger partial charge is 0.290 e. The lowest BCUT2D eigenvalue weighted by Gasteiger charge is -2.23. The van der Waals surface area contributed by atoms with Crippen molar-refractivity contribution in [2.24, 2.45) is 0 Å². The number of carbonyl (C=O) groups is 3. The highest BCUT2D eigenvalue weighted by atomic mass is 16.3. The van der Waals surface area contributed by atoms with E-state index in [-0.39, 0.29) is 30.0 Å². The molecule has 0 saturated carbocycles. The van der Waals surface area contributed by atoms with Crippen molar-refractivity contribution in [1.29, 1.82) is 0 Å². The number of benzene rings is 1. The number of anilines is 1. The van der Waals surface area contributed by atoms with E-state index in [0.717, 1.165) is 17.3 Å². The van der Waals surface area contributed by atoms with Gasteiger partial charge in [0.15, 0.2) is 5.76 Å². The van der Waals surface area contributed by atoms with Gasteiger partial charge in [0.1, 0.15) is 12.6 Å². The van der Waals surface area contributed by atoms with Crippen molar-refractivity contribution in [3.05, 3.63) is 54.6 Å². The summed E-state index contributed by atoms with van der Waals surface area (Å²) in [6.45, 7) is 6.12. The third kappa shape index (κ3) is 4.26. The molecule has 1 fully saturated rings. The van der Waals surface area contributed by atoms with Crippen LogP contribution >= 0.6 is 0 Å². The number of rotatable bonds is 7. The van der Waals surface area contributed by atoms with Crippen molar-refractivity contribution in [2.75, 3.05) is 25.0 Å². The predicted molar refractivity (Wildman–Crippen MR) is 121 cm³/mol. The molecule has 0 aliphatic carbocycles. The van der Waals surface area contributed by atoms with Crippen molar-refractivity contribution in [2.45, 2.75) is 39.3 Å². The monoisotopic (exact) mass is 436 g/mol. The van der Waals surface area contributed by atoms with Gasteiger partial charge >= 0.3 is 0 Å². The van der Waals surface area contributed by atoms with Crippen molar-refractivity contribution in [1.82, 2.24) is 14.4 Å². The Balaban J connectivity index is 1.46. The number of aromatic nitrogens is 1. The maximum absolute atomic E-state index is 12.9. The van der Waals surface area contributed by atoms with E-state index in [9.17, 15) is 14.4 Å². The highest BCUT2D eigenvalue weighted by molar-refractivity contribution is 6.01. The lowest BCUT2D eigenvalue weighted by molar-refractivity contribution is -0.131. The normalized spacial score (nSPS) is 15.8. The van der Waals surface area contributed by atoms with Gasteiger partial charge in [-0.2, -0.15) is 0 Å². The summed E-state index contributed by atoms with van der Waals surface area (Å²) in [6.07, 6.45) is 4.73. The molecule has 3 amide bonds. The Bertz CT molecular complexity index is 1110. The van der Waals surface area contributed by atoms with E-state index in [1.54, 1.807) is 21.9 Å². The number of likely N-dealkylation sites (tertiary alicyclic amines) is 1. The second-order valence-electron chi connectivity index (χ2n) is 7.91. The zero-order valence-electron chi connectivity index (χ0n) is 18.4. The summed E-state index contributed by atoms with van der Waals surface area (Å²) in [5.41, 5.74) is 1.59. The first-order valence-corrected chi connectivity index (χ1v) is 11.0. The van der Waals surface area contributed by atoms with Gasteiger partial charge < -0.3 is 24.1 Å². The summed E-state index contributed by atoms with van der Waals surface area (Å²) in [5, 5.41) is 3.88. The van der Waals surface area contributed by atoms with Gasteiger partial charge in [0.25, 0.3) is 5.91 Å². The molecule has 8 heteroatoms. The van der Waals surface area contributed by atoms with Gasteiger partial charge in [-0.15, -0.1) is 0 Å². The quantitative estimate of drug-likeness (QED) is 0.615. The predicted octanol–water partition coefficient (Wildman–Crippen LogP) is 3.35. The van der Waals surface area contributed by atoms with E-state index in [4.69, 9.17) is 4.42 Å². The third-order valence-electron chi connectivity index (χ3n) is 6.01. The zero-order valence-corrected chi connectivity index (χ0v) is 18.4. The maximum Gasteiger partial charge on any atom is 0.290 e. The van der Waals surface area contributed by atoms with Gasteiger partial charge in [-0.3, -0.25) is 14.4 Å². The highest BCUT2D eigenvalue weighted by Crippen LogP contribution is 2.24. The third-order valence-corrected chi connectivity index (χ3v) is 6.01. The Morgan fingerprint density at radius 3 is 2.69 bits per heavy atom. The van der Waals surface area contributed by atoms with Crippen LogP contribution in [0.1, 0.15) is 37.2 Å². The highest BCUT2D eigenvalue weighted by Gasteiger charge is 2.35. The summed E-state index contributed by atoms with van der Waals surface area (Å²) in [7, 11) is 0. The number of furan rings is 1. The minimum atomic E-state index is -0.528. The maximum atomic E-state index is 12.9. The molecule has 1 aromatic carbocycles. The zero-order chi connectivity index (χ0) is 22.7. The lowest BCUT2D eigenvalue weighted by atomic mass is 10.1. The molecule has 1 aliphatic rings. The molecular formula is C24H28N4O4. The fourth-order valence-corrected chi connectivity index (χ4v) is 4.29. The molecule has 1 atom stereocenters. The van der Waals surface area contributed by atoms with E-state index in [1.807, 2.05) is 48.9 Å². The van der Waals surface area contributed by atoms with Gasteiger partial charge in [-0.1, -0.05) is 0 Å². The van der Waals surface area contributed by atoms with Gasteiger partial charge in [0.2, 0.25) is 11.8 Å². The molecule has 3 aromatic rings. The molecule has 0 spiro atoms. The summed E-state index contributed by atoms with van der Waals surface area (Å²) in [4.78, 5) is 41.4. The molecule has 1 saturated heterocycles. The molecule has 3 heterocycles. The Labute approximate surface area is 186 Å². The Hall–Kier alpha value is -3.55. The molecule has 4 rings (SSSR count). The molecule has 0 bridgehead atoms. The number of hydrogen-bond acceptors (Lipinski definition) is 4. The minimum Gasteiger partial charge on any atom is -0.459 e. The number of hydrogen-bond donors (Lipinski definition) is 1. The first-order valence-electron chi connectivity index (χ1n) is 11.0. The molecular weight excluding hydrogens is 408 g/mol. The van der Waals surface area contributed by atoms with Crippen LogP contribution in [-0.2, 0) is 16.1 Å². The molecule has 32 heavy (non-hydrogen) atoms. The second kappa shape index (κ2) is 9.30. The fraction of sp³-hybridized carbons (Fsp3) is 0.375. The van der Waals surface area contributed by atoms with Crippen molar-refractivity contribution in [3.63, 3.8) is 0 Å². The Kier molecular flexibility index (Phi) is 6.30. The largest absolute Gasteiger partial charge is 0.459 e. The van der Waals surface area contributed by atoms with Gasteiger partial charge in [0.05, 0.1) is 6.26 Å². The average molecular weight is 437 g/mol. The van der Waals surface area contributed by atoms with Crippen LogP contribution < -0.4 is 5.32 Å². The van der Waals surface area contributed by atoms with E-state index >= 15 is 0 Å². The number of nitrogens with one attached hydrogen (secondary N) is 1. The fourth-order valence-electron chi connectivity index (χ4n) is 4.29.